The Morgan fingerprint density at radius 2 is 1.95 bits per heavy atom. The second-order valence-corrected chi connectivity index (χ2v) is 10.9. The van der Waals surface area contributed by atoms with E-state index in [4.69, 9.17) is 11.6 Å². The second-order valence-electron chi connectivity index (χ2n) is 10.5. The number of rotatable bonds is 9. The van der Waals surface area contributed by atoms with Crippen molar-refractivity contribution in [3.8, 4) is 0 Å². The van der Waals surface area contributed by atoms with Crippen LogP contribution in [0.4, 0.5) is 5.69 Å². The molecule has 9 heteroatoms. The Hall–Kier alpha value is -4.43. The molecular formula is C32H32ClN5O3. The predicted octanol–water partition coefficient (Wildman–Crippen LogP) is 5.97. The van der Waals surface area contributed by atoms with E-state index < -0.39 is 11.5 Å². The van der Waals surface area contributed by atoms with E-state index in [0.717, 1.165) is 39.0 Å². The van der Waals surface area contributed by atoms with Crippen LogP contribution in [0.25, 0.3) is 10.9 Å². The number of aliphatic carboxylic acids is 1. The molecule has 0 saturated heterocycles. The molecule has 0 bridgehead atoms. The Morgan fingerprint density at radius 1 is 1.17 bits per heavy atom. The Morgan fingerprint density at radius 3 is 2.66 bits per heavy atom. The molecule has 210 valence electrons. The smallest absolute Gasteiger partial charge is 0.303 e. The zero-order chi connectivity index (χ0) is 29.1. The maximum atomic E-state index is 13.8. The number of nitrogens with one attached hydrogen (secondary N) is 1. The zero-order valence-corrected chi connectivity index (χ0v) is 23.9. The molecule has 0 spiro atoms. The Labute approximate surface area is 244 Å². The van der Waals surface area contributed by atoms with Crippen LogP contribution in [0.5, 0.6) is 0 Å². The van der Waals surface area contributed by atoms with Crippen molar-refractivity contribution >= 4 is 53.1 Å². The summed E-state index contributed by atoms with van der Waals surface area (Å²) in [7, 11) is 1.80. The SMILES string of the molecule is C=N/N=C\N(C)c1ccc(C(=O)N[C@]2(c3ccccc3)CCc3c(CCC(=O)O)c4cc(C)ccc4n3C2)c(Cl)c1. The molecule has 5 rings (SSSR count). The summed E-state index contributed by atoms with van der Waals surface area (Å²) in [6.07, 6.45) is 3.39. The van der Waals surface area contributed by atoms with Crippen molar-refractivity contribution in [3.63, 3.8) is 0 Å². The third-order valence-electron chi connectivity index (χ3n) is 7.84. The number of halogens is 1. The minimum absolute atomic E-state index is 0.0697. The topological polar surface area (TPSA) is 99.3 Å². The quantitative estimate of drug-likeness (QED) is 0.147. The van der Waals surface area contributed by atoms with Crippen LogP contribution in [0.3, 0.4) is 0 Å². The summed E-state index contributed by atoms with van der Waals surface area (Å²) in [5.74, 6) is -1.08. The van der Waals surface area contributed by atoms with Gasteiger partial charge in [-0.2, -0.15) is 5.10 Å². The van der Waals surface area contributed by atoms with E-state index in [1.165, 1.54) is 6.34 Å². The van der Waals surface area contributed by atoms with Gasteiger partial charge in [0.1, 0.15) is 6.34 Å². The zero-order valence-electron chi connectivity index (χ0n) is 23.1. The summed E-state index contributed by atoms with van der Waals surface area (Å²) in [6.45, 7) is 5.89. The lowest BCUT2D eigenvalue weighted by molar-refractivity contribution is -0.136. The lowest BCUT2D eigenvalue weighted by atomic mass is 9.81. The molecule has 0 fully saturated rings. The number of benzene rings is 3. The van der Waals surface area contributed by atoms with Crippen LogP contribution in [0.15, 0.2) is 76.9 Å². The van der Waals surface area contributed by atoms with E-state index in [9.17, 15) is 14.7 Å². The number of anilines is 1. The molecule has 0 aliphatic carbocycles. The lowest BCUT2D eigenvalue weighted by Gasteiger charge is -2.40. The molecule has 41 heavy (non-hydrogen) atoms. The van der Waals surface area contributed by atoms with Gasteiger partial charge in [0.2, 0.25) is 0 Å². The summed E-state index contributed by atoms with van der Waals surface area (Å²) in [5, 5.41) is 21.4. The standard InChI is InChI=1S/C32H32ClN5O3/c1-21-9-13-28-26(17-21)24(12-14-30(39)40)29-15-16-32(19-38(28)29,22-7-5-4-6-8-22)36-31(41)25-11-10-23(18-27(25)33)37(3)20-35-34-2/h4-11,13,17-18,20H,2,12,14-16,19H2,1,3H3,(H,36,41)(H,39,40)/b35-20-/t32-/m1/s1. The maximum absolute atomic E-state index is 13.8. The van der Waals surface area contributed by atoms with E-state index >= 15 is 0 Å². The minimum Gasteiger partial charge on any atom is -0.481 e. The first-order chi connectivity index (χ1) is 19.7. The number of nitrogens with zero attached hydrogens (tertiary/aromatic N) is 4. The largest absolute Gasteiger partial charge is 0.481 e. The predicted molar refractivity (Wildman–Crippen MR) is 164 cm³/mol. The molecule has 1 atom stereocenters. The molecule has 0 unspecified atom stereocenters. The average molecular weight is 570 g/mol. The number of hydrogen-bond donors (Lipinski definition) is 2. The third-order valence-corrected chi connectivity index (χ3v) is 8.15. The van der Waals surface area contributed by atoms with Gasteiger partial charge in [-0.15, -0.1) is 5.10 Å². The van der Waals surface area contributed by atoms with Gasteiger partial charge in [-0.1, -0.05) is 53.6 Å². The van der Waals surface area contributed by atoms with Crippen molar-refractivity contribution in [1.82, 2.24) is 9.88 Å². The van der Waals surface area contributed by atoms with Gasteiger partial charge in [0.25, 0.3) is 5.91 Å². The van der Waals surface area contributed by atoms with Crippen LogP contribution in [0, 0.1) is 6.92 Å². The molecule has 3 aromatic carbocycles. The Kier molecular flexibility index (Phi) is 7.94. The fraction of sp³-hybridized carbons (Fsp3) is 0.250. The number of aromatic nitrogens is 1. The number of amides is 1. The maximum Gasteiger partial charge on any atom is 0.303 e. The number of carboxylic acid groups (broad SMARTS) is 1. The van der Waals surface area contributed by atoms with Crippen molar-refractivity contribution in [2.45, 2.75) is 44.7 Å². The first-order valence-electron chi connectivity index (χ1n) is 13.4. The van der Waals surface area contributed by atoms with Crippen molar-refractivity contribution in [2.75, 3.05) is 11.9 Å². The fourth-order valence-electron chi connectivity index (χ4n) is 5.79. The van der Waals surface area contributed by atoms with Gasteiger partial charge in [0, 0.05) is 42.5 Å². The van der Waals surface area contributed by atoms with Crippen LogP contribution in [0.1, 0.15) is 45.6 Å². The highest BCUT2D eigenvalue weighted by molar-refractivity contribution is 6.34. The summed E-state index contributed by atoms with van der Waals surface area (Å²) in [6, 6.07) is 21.5. The van der Waals surface area contributed by atoms with Gasteiger partial charge in [0.15, 0.2) is 0 Å². The Balaban J connectivity index is 1.54. The number of hydrogen-bond acceptors (Lipinski definition) is 4. The molecule has 1 amide bonds. The van der Waals surface area contributed by atoms with Crippen LogP contribution in [0.2, 0.25) is 5.02 Å². The molecule has 0 radical (unpaired) electrons. The highest BCUT2D eigenvalue weighted by Gasteiger charge is 2.40. The average Bonchev–Trinajstić information content (AvgIpc) is 3.26. The van der Waals surface area contributed by atoms with Crippen LogP contribution >= 0.6 is 11.6 Å². The van der Waals surface area contributed by atoms with Crippen molar-refractivity contribution in [3.05, 3.63) is 99.7 Å². The summed E-state index contributed by atoms with van der Waals surface area (Å²) >= 11 is 6.63. The summed E-state index contributed by atoms with van der Waals surface area (Å²) in [5.41, 5.74) is 5.80. The normalized spacial score (nSPS) is 16.5. The highest BCUT2D eigenvalue weighted by atomic mass is 35.5. The van der Waals surface area contributed by atoms with E-state index in [1.807, 2.05) is 37.3 Å². The Bertz CT molecular complexity index is 1660. The van der Waals surface area contributed by atoms with E-state index in [0.29, 0.717) is 36.4 Å². The lowest BCUT2D eigenvalue weighted by Crippen LogP contribution is -2.51. The monoisotopic (exact) mass is 569 g/mol. The van der Waals surface area contributed by atoms with Gasteiger partial charge in [-0.3, -0.25) is 9.59 Å². The number of carbonyl (C=O) groups is 2. The number of fused-ring (bicyclic) bond motifs is 3. The van der Waals surface area contributed by atoms with Crippen LogP contribution in [-0.2, 0) is 29.7 Å². The van der Waals surface area contributed by atoms with Crippen molar-refractivity contribution in [2.24, 2.45) is 10.2 Å². The first-order valence-corrected chi connectivity index (χ1v) is 13.8. The molecule has 1 aliphatic heterocycles. The summed E-state index contributed by atoms with van der Waals surface area (Å²) < 4.78 is 2.26. The molecule has 2 heterocycles. The second kappa shape index (κ2) is 11.6. The molecular weight excluding hydrogens is 538 g/mol. The molecule has 1 aliphatic rings. The van der Waals surface area contributed by atoms with Crippen LogP contribution in [-0.4, -0.2) is 41.7 Å². The van der Waals surface area contributed by atoms with E-state index in [1.54, 1.807) is 30.1 Å². The van der Waals surface area contributed by atoms with Crippen molar-refractivity contribution < 1.29 is 14.7 Å². The molecule has 4 aromatic rings. The van der Waals surface area contributed by atoms with E-state index in [-0.39, 0.29) is 12.3 Å². The van der Waals surface area contributed by atoms with Crippen LogP contribution < -0.4 is 10.2 Å². The van der Waals surface area contributed by atoms with Gasteiger partial charge >= 0.3 is 5.97 Å². The molecule has 1 aromatic heterocycles. The van der Waals surface area contributed by atoms with Gasteiger partial charge in [0.05, 0.1) is 22.7 Å². The van der Waals surface area contributed by atoms with Crippen molar-refractivity contribution in [1.29, 1.82) is 0 Å². The van der Waals surface area contributed by atoms with Gasteiger partial charge in [-0.25, -0.2) is 0 Å². The molecule has 8 nitrogen and oxygen atoms in total. The fourth-order valence-corrected chi connectivity index (χ4v) is 6.05. The number of carboxylic acids is 1. The highest BCUT2D eigenvalue weighted by Crippen LogP contribution is 2.40. The van der Waals surface area contributed by atoms with Gasteiger partial charge in [-0.05, 0) is 67.6 Å². The minimum atomic E-state index is -0.814. The first kappa shape index (κ1) is 28.1. The summed E-state index contributed by atoms with van der Waals surface area (Å²) in [4.78, 5) is 27.0. The van der Waals surface area contributed by atoms with E-state index in [2.05, 4.69) is 45.0 Å². The number of aryl methyl sites for hydroxylation is 2. The third kappa shape index (κ3) is 5.60. The molecule has 2 N–H and O–H groups in total. The molecule has 0 saturated carbocycles. The van der Waals surface area contributed by atoms with Gasteiger partial charge < -0.3 is 19.9 Å². The number of carbonyl (C=O) groups excluding carboxylic acids is 1.